The zero-order chi connectivity index (χ0) is 18.4. The van der Waals surface area contributed by atoms with Gasteiger partial charge in [0.05, 0.1) is 24.8 Å². The highest BCUT2D eigenvalue weighted by Crippen LogP contribution is 2.46. The van der Waals surface area contributed by atoms with Crippen molar-refractivity contribution in [3.8, 4) is 0 Å². The third kappa shape index (κ3) is 3.26. The second-order valence-corrected chi connectivity index (χ2v) is 8.41. The van der Waals surface area contributed by atoms with E-state index in [2.05, 4.69) is 22.9 Å². The lowest BCUT2D eigenvalue weighted by molar-refractivity contribution is 0.0279. The zero-order valence-electron chi connectivity index (χ0n) is 14.9. The van der Waals surface area contributed by atoms with E-state index in [1.54, 1.807) is 0 Å². The van der Waals surface area contributed by atoms with Gasteiger partial charge < -0.3 is 9.47 Å². The molecule has 0 spiro atoms. The molecule has 0 aromatic heterocycles. The maximum atomic E-state index is 12.8. The number of benzene rings is 2. The summed E-state index contributed by atoms with van der Waals surface area (Å²) in [4.78, 5) is 14.6. The molecular weight excluding hydrogens is 394 g/mol. The lowest BCUT2D eigenvalue weighted by Gasteiger charge is -2.30. The van der Waals surface area contributed by atoms with Crippen LogP contribution in [0.5, 0.6) is 0 Å². The summed E-state index contributed by atoms with van der Waals surface area (Å²) in [6.07, 6.45) is 0.396. The normalized spacial score (nSPS) is 28.7. The molecule has 136 valence electrons. The van der Waals surface area contributed by atoms with E-state index in [1.807, 2.05) is 66.4 Å². The molecule has 4 rings (SSSR count). The highest BCUT2D eigenvalue weighted by molar-refractivity contribution is 9.10. The third-order valence-electron chi connectivity index (χ3n) is 5.36. The minimum absolute atomic E-state index is 0.0610. The summed E-state index contributed by atoms with van der Waals surface area (Å²) in [7, 11) is 0. The largest absolute Gasteiger partial charge is 0.436 e. The summed E-state index contributed by atoms with van der Waals surface area (Å²) in [5, 5.41) is 0. The van der Waals surface area contributed by atoms with Crippen molar-refractivity contribution in [2.24, 2.45) is 0 Å². The van der Waals surface area contributed by atoms with E-state index in [4.69, 9.17) is 9.47 Å². The quantitative estimate of drug-likeness (QED) is 0.642. The maximum Gasteiger partial charge on any atom is 0.411 e. The molecule has 3 atom stereocenters. The van der Waals surface area contributed by atoms with Crippen LogP contribution in [0, 0.1) is 0 Å². The van der Waals surface area contributed by atoms with Gasteiger partial charge in [-0.25, -0.2) is 4.79 Å². The fourth-order valence-corrected chi connectivity index (χ4v) is 3.99. The van der Waals surface area contributed by atoms with Crippen LogP contribution < -0.4 is 0 Å². The molecule has 2 aromatic carbocycles. The number of nitrogens with zero attached hydrogens (tertiary/aromatic N) is 1. The second kappa shape index (κ2) is 6.39. The van der Waals surface area contributed by atoms with E-state index < -0.39 is 5.60 Å². The number of carbonyl (C=O) groups is 1. The Labute approximate surface area is 162 Å². The van der Waals surface area contributed by atoms with Crippen LogP contribution in [-0.4, -0.2) is 29.7 Å². The Morgan fingerprint density at radius 3 is 2.42 bits per heavy atom. The SMILES string of the molecule is CC(c1ccc(Br)cc1)N1CC(CC2(C)CO2)(c2ccccc2)OC1=O. The summed E-state index contributed by atoms with van der Waals surface area (Å²) < 4.78 is 12.7. The van der Waals surface area contributed by atoms with E-state index in [9.17, 15) is 4.79 Å². The Hall–Kier alpha value is -1.85. The van der Waals surface area contributed by atoms with Gasteiger partial charge in [-0.15, -0.1) is 0 Å². The molecule has 2 fully saturated rings. The van der Waals surface area contributed by atoms with Gasteiger partial charge in [-0.2, -0.15) is 0 Å². The summed E-state index contributed by atoms with van der Waals surface area (Å²) in [6, 6.07) is 18.0. The lowest BCUT2D eigenvalue weighted by Crippen LogP contribution is -2.37. The van der Waals surface area contributed by atoms with Crippen molar-refractivity contribution in [2.45, 2.75) is 37.5 Å². The van der Waals surface area contributed by atoms with Crippen LogP contribution >= 0.6 is 15.9 Å². The molecule has 2 aliphatic rings. The van der Waals surface area contributed by atoms with Crippen molar-refractivity contribution in [1.29, 1.82) is 0 Å². The fraction of sp³-hybridized carbons (Fsp3) is 0.381. The highest BCUT2D eigenvalue weighted by Gasteiger charge is 2.55. The molecule has 3 unspecified atom stereocenters. The summed E-state index contributed by atoms with van der Waals surface area (Å²) in [6.45, 7) is 5.35. The number of ether oxygens (including phenoxy) is 2. The molecule has 0 aliphatic carbocycles. The molecule has 2 heterocycles. The van der Waals surface area contributed by atoms with Gasteiger partial charge in [-0.1, -0.05) is 58.4 Å². The summed E-state index contributed by atoms with van der Waals surface area (Å²) >= 11 is 3.46. The van der Waals surface area contributed by atoms with E-state index in [1.165, 1.54) is 0 Å². The Morgan fingerprint density at radius 2 is 1.81 bits per heavy atom. The first kappa shape index (κ1) is 17.6. The van der Waals surface area contributed by atoms with Gasteiger partial charge in [-0.3, -0.25) is 4.90 Å². The number of cyclic esters (lactones) is 1. The molecule has 0 radical (unpaired) electrons. The van der Waals surface area contributed by atoms with Gasteiger partial charge in [0.2, 0.25) is 0 Å². The first-order valence-electron chi connectivity index (χ1n) is 8.85. The van der Waals surface area contributed by atoms with Crippen LogP contribution in [0.3, 0.4) is 0 Å². The van der Waals surface area contributed by atoms with Gasteiger partial charge >= 0.3 is 6.09 Å². The molecule has 4 nitrogen and oxygen atoms in total. The molecule has 1 amide bonds. The lowest BCUT2D eigenvalue weighted by atomic mass is 9.84. The molecule has 0 N–H and O–H groups in total. The number of amides is 1. The van der Waals surface area contributed by atoms with Gasteiger partial charge in [0.25, 0.3) is 0 Å². The second-order valence-electron chi connectivity index (χ2n) is 7.50. The average molecular weight is 416 g/mol. The summed E-state index contributed by atoms with van der Waals surface area (Å²) in [5.41, 5.74) is 1.22. The van der Waals surface area contributed by atoms with Crippen molar-refractivity contribution in [2.75, 3.05) is 13.2 Å². The Morgan fingerprint density at radius 1 is 1.15 bits per heavy atom. The Balaban J connectivity index is 1.65. The van der Waals surface area contributed by atoms with Crippen LogP contribution in [0.1, 0.15) is 37.4 Å². The van der Waals surface area contributed by atoms with Crippen molar-refractivity contribution < 1.29 is 14.3 Å². The van der Waals surface area contributed by atoms with E-state index in [0.717, 1.165) is 15.6 Å². The van der Waals surface area contributed by atoms with Crippen molar-refractivity contribution in [3.05, 3.63) is 70.2 Å². The first-order valence-corrected chi connectivity index (χ1v) is 9.65. The molecule has 2 aliphatic heterocycles. The average Bonchev–Trinajstić information content (AvgIpc) is 3.26. The van der Waals surface area contributed by atoms with Crippen LogP contribution in [0.4, 0.5) is 4.79 Å². The predicted molar refractivity (Wildman–Crippen MR) is 103 cm³/mol. The molecule has 0 saturated carbocycles. The van der Waals surface area contributed by atoms with Crippen LogP contribution in [0.25, 0.3) is 0 Å². The minimum atomic E-state index is -0.673. The number of epoxide rings is 1. The molecule has 0 bridgehead atoms. The predicted octanol–water partition coefficient (Wildman–Crippen LogP) is 5.04. The number of hydrogen-bond acceptors (Lipinski definition) is 3. The van der Waals surface area contributed by atoms with E-state index in [0.29, 0.717) is 19.6 Å². The fourth-order valence-electron chi connectivity index (χ4n) is 3.73. The van der Waals surface area contributed by atoms with Crippen molar-refractivity contribution in [3.63, 3.8) is 0 Å². The topological polar surface area (TPSA) is 42.1 Å². The number of halogens is 1. The van der Waals surface area contributed by atoms with Crippen LogP contribution in [-0.2, 0) is 15.1 Å². The van der Waals surface area contributed by atoms with E-state index >= 15 is 0 Å². The molecule has 26 heavy (non-hydrogen) atoms. The molecule has 2 saturated heterocycles. The summed E-state index contributed by atoms with van der Waals surface area (Å²) in [5.74, 6) is 0. The van der Waals surface area contributed by atoms with Gasteiger partial charge in [-0.05, 0) is 37.1 Å². The Kier molecular flexibility index (Phi) is 4.32. The number of carbonyl (C=O) groups excluding carboxylic acids is 1. The Bertz CT molecular complexity index is 804. The molecular formula is C21H22BrNO3. The van der Waals surface area contributed by atoms with Crippen LogP contribution in [0.15, 0.2) is 59.1 Å². The maximum absolute atomic E-state index is 12.8. The standard InChI is InChI=1S/C21H22BrNO3/c1-15(16-8-10-18(22)11-9-16)23-13-21(26-19(23)24,12-20(2)14-25-20)17-6-4-3-5-7-17/h3-11,15H,12-14H2,1-2H3. The van der Waals surface area contributed by atoms with Crippen LogP contribution in [0.2, 0.25) is 0 Å². The minimum Gasteiger partial charge on any atom is -0.436 e. The third-order valence-corrected chi connectivity index (χ3v) is 5.89. The molecule has 5 heteroatoms. The van der Waals surface area contributed by atoms with E-state index in [-0.39, 0.29) is 17.7 Å². The number of rotatable bonds is 5. The molecule has 2 aromatic rings. The number of hydrogen-bond donors (Lipinski definition) is 0. The zero-order valence-corrected chi connectivity index (χ0v) is 16.5. The van der Waals surface area contributed by atoms with Crippen molar-refractivity contribution in [1.82, 2.24) is 4.90 Å². The monoisotopic (exact) mass is 415 g/mol. The smallest absolute Gasteiger partial charge is 0.411 e. The highest BCUT2D eigenvalue weighted by atomic mass is 79.9. The van der Waals surface area contributed by atoms with Gasteiger partial charge in [0, 0.05) is 10.9 Å². The first-order chi connectivity index (χ1) is 12.4. The van der Waals surface area contributed by atoms with Crippen molar-refractivity contribution >= 4 is 22.0 Å². The van der Waals surface area contributed by atoms with Gasteiger partial charge in [0.1, 0.15) is 0 Å². The van der Waals surface area contributed by atoms with Gasteiger partial charge in [0.15, 0.2) is 5.60 Å².